The van der Waals surface area contributed by atoms with E-state index in [4.69, 9.17) is 5.73 Å². The zero-order valence-electron chi connectivity index (χ0n) is 13.3. The summed E-state index contributed by atoms with van der Waals surface area (Å²) in [5, 5.41) is 2.97. The van der Waals surface area contributed by atoms with Crippen LogP contribution in [0, 0.1) is 0 Å². The number of nitrogens with one attached hydrogen (secondary N) is 1. The summed E-state index contributed by atoms with van der Waals surface area (Å²) in [5.41, 5.74) is 5.61. The van der Waals surface area contributed by atoms with Gasteiger partial charge in [-0.3, -0.25) is 4.79 Å². The zero-order chi connectivity index (χ0) is 14.6. The molecule has 0 aromatic carbocycles. The van der Waals surface area contributed by atoms with Crippen molar-refractivity contribution in [3.05, 3.63) is 0 Å². The number of hydrogen-bond acceptors (Lipinski definition) is 2. The van der Waals surface area contributed by atoms with Crippen molar-refractivity contribution in [2.45, 2.75) is 90.5 Å². The maximum Gasteiger partial charge on any atom is 0.220 e. The highest BCUT2D eigenvalue weighted by atomic mass is 16.1. The first-order chi connectivity index (χ1) is 8.95. The summed E-state index contributed by atoms with van der Waals surface area (Å²) in [4.78, 5) is 11.5. The molecule has 0 aliphatic carbocycles. The van der Waals surface area contributed by atoms with Gasteiger partial charge in [0.1, 0.15) is 0 Å². The molecule has 3 N–H and O–H groups in total. The minimum Gasteiger partial charge on any atom is -0.356 e. The molecule has 0 rings (SSSR count). The van der Waals surface area contributed by atoms with Crippen LogP contribution >= 0.6 is 0 Å². The van der Waals surface area contributed by atoms with Gasteiger partial charge in [0.05, 0.1) is 0 Å². The van der Waals surface area contributed by atoms with Gasteiger partial charge < -0.3 is 11.1 Å². The minimum atomic E-state index is -0.240. The van der Waals surface area contributed by atoms with Crippen LogP contribution in [0.1, 0.15) is 85.0 Å². The fourth-order valence-electron chi connectivity index (χ4n) is 2.01. The lowest BCUT2D eigenvalue weighted by atomic mass is 10.00. The summed E-state index contributed by atoms with van der Waals surface area (Å²) in [5.74, 6) is 0.140. The number of unbranched alkanes of at least 4 members (excludes halogenated alkanes) is 7. The summed E-state index contributed by atoms with van der Waals surface area (Å²) < 4.78 is 0. The Bertz CT molecular complexity index is 221. The molecular weight excluding hydrogens is 236 g/mol. The summed E-state index contributed by atoms with van der Waals surface area (Å²) in [6, 6.07) is 0. The summed E-state index contributed by atoms with van der Waals surface area (Å²) >= 11 is 0. The van der Waals surface area contributed by atoms with E-state index in [0.717, 1.165) is 19.4 Å². The van der Waals surface area contributed by atoms with Crippen molar-refractivity contribution in [2.75, 3.05) is 6.54 Å². The average Bonchev–Trinajstić information content (AvgIpc) is 2.33. The van der Waals surface area contributed by atoms with Crippen LogP contribution in [0.15, 0.2) is 0 Å². The molecule has 3 nitrogen and oxygen atoms in total. The van der Waals surface area contributed by atoms with E-state index in [1.54, 1.807) is 0 Å². The summed E-state index contributed by atoms with van der Waals surface area (Å²) in [7, 11) is 0. The second kappa shape index (κ2) is 11.3. The first-order valence-electron chi connectivity index (χ1n) is 8.01. The first-order valence-corrected chi connectivity index (χ1v) is 8.01. The third-order valence-corrected chi connectivity index (χ3v) is 3.35. The van der Waals surface area contributed by atoms with Crippen LogP contribution in [0.3, 0.4) is 0 Å². The van der Waals surface area contributed by atoms with Crippen molar-refractivity contribution in [2.24, 2.45) is 5.73 Å². The maximum atomic E-state index is 11.5. The smallest absolute Gasteiger partial charge is 0.220 e. The van der Waals surface area contributed by atoms with Crippen molar-refractivity contribution in [3.63, 3.8) is 0 Å². The van der Waals surface area contributed by atoms with Crippen molar-refractivity contribution in [1.29, 1.82) is 0 Å². The molecule has 0 radical (unpaired) electrons. The minimum absolute atomic E-state index is 0.140. The normalized spacial score (nSPS) is 11.6. The lowest BCUT2D eigenvalue weighted by Crippen LogP contribution is -2.34. The summed E-state index contributed by atoms with van der Waals surface area (Å²) in [6.45, 7) is 6.98. The van der Waals surface area contributed by atoms with E-state index in [2.05, 4.69) is 12.2 Å². The van der Waals surface area contributed by atoms with Crippen LogP contribution in [-0.2, 0) is 4.79 Å². The van der Waals surface area contributed by atoms with Crippen LogP contribution in [0.4, 0.5) is 0 Å². The lowest BCUT2D eigenvalue weighted by Gasteiger charge is -2.17. The van der Waals surface area contributed by atoms with Crippen molar-refractivity contribution >= 4 is 5.91 Å². The van der Waals surface area contributed by atoms with Gasteiger partial charge in [0.2, 0.25) is 5.91 Å². The van der Waals surface area contributed by atoms with Crippen molar-refractivity contribution in [3.8, 4) is 0 Å². The molecule has 0 heterocycles. The molecule has 0 unspecified atom stereocenters. The van der Waals surface area contributed by atoms with Gasteiger partial charge >= 0.3 is 0 Å². The topological polar surface area (TPSA) is 55.1 Å². The monoisotopic (exact) mass is 270 g/mol. The molecule has 0 bridgehead atoms. The Kier molecular flexibility index (Phi) is 10.9. The quantitative estimate of drug-likeness (QED) is 0.530. The Labute approximate surface area is 119 Å². The van der Waals surface area contributed by atoms with Crippen LogP contribution in [0.5, 0.6) is 0 Å². The van der Waals surface area contributed by atoms with Gasteiger partial charge in [0.15, 0.2) is 0 Å². The van der Waals surface area contributed by atoms with E-state index in [9.17, 15) is 4.79 Å². The van der Waals surface area contributed by atoms with Crippen LogP contribution in [0.2, 0.25) is 0 Å². The Morgan fingerprint density at radius 2 is 1.53 bits per heavy atom. The Hall–Kier alpha value is -0.570. The third-order valence-electron chi connectivity index (χ3n) is 3.35. The van der Waals surface area contributed by atoms with Crippen LogP contribution < -0.4 is 11.1 Å². The summed E-state index contributed by atoms with van der Waals surface area (Å²) in [6.07, 6.45) is 11.7. The second-order valence-electron chi connectivity index (χ2n) is 6.31. The number of carbonyl (C=O) groups excluding carboxylic acids is 1. The number of nitrogens with two attached hydrogens (primary N) is 1. The van der Waals surface area contributed by atoms with Gasteiger partial charge in [-0.15, -0.1) is 0 Å². The fourth-order valence-corrected chi connectivity index (χ4v) is 2.01. The molecule has 3 heteroatoms. The number of carbonyl (C=O) groups is 1. The number of hydrogen-bond donors (Lipinski definition) is 2. The molecule has 0 aliphatic rings. The Morgan fingerprint density at radius 1 is 1.00 bits per heavy atom. The number of rotatable bonds is 12. The van der Waals surface area contributed by atoms with Gasteiger partial charge in [-0.25, -0.2) is 0 Å². The van der Waals surface area contributed by atoms with E-state index >= 15 is 0 Å². The van der Waals surface area contributed by atoms with Gasteiger partial charge in [-0.2, -0.15) is 0 Å². The standard InChI is InChI=1S/C16H34N2O/c1-4-5-6-7-8-9-10-11-14-18-15(19)12-13-16(2,3)17/h4-14,17H2,1-3H3,(H,18,19). The molecule has 0 aliphatic heterocycles. The molecule has 1 amide bonds. The highest BCUT2D eigenvalue weighted by Gasteiger charge is 2.12. The van der Waals surface area contributed by atoms with Gasteiger partial charge in [0.25, 0.3) is 0 Å². The molecule has 0 saturated heterocycles. The Morgan fingerprint density at radius 3 is 2.05 bits per heavy atom. The second-order valence-corrected chi connectivity index (χ2v) is 6.31. The van der Waals surface area contributed by atoms with E-state index in [1.165, 1.54) is 44.9 Å². The SMILES string of the molecule is CCCCCCCCCCNC(=O)CCC(C)(C)N. The van der Waals surface area contributed by atoms with Crippen molar-refractivity contribution < 1.29 is 4.79 Å². The lowest BCUT2D eigenvalue weighted by molar-refractivity contribution is -0.121. The average molecular weight is 270 g/mol. The largest absolute Gasteiger partial charge is 0.356 e. The van der Waals surface area contributed by atoms with E-state index in [1.807, 2.05) is 13.8 Å². The molecule has 0 spiro atoms. The van der Waals surface area contributed by atoms with Gasteiger partial charge in [-0.1, -0.05) is 51.9 Å². The predicted molar refractivity (Wildman–Crippen MR) is 83.1 cm³/mol. The van der Waals surface area contributed by atoms with E-state index in [-0.39, 0.29) is 11.4 Å². The molecule has 0 fully saturated rings. The van der Waals surface area contributed by atoms with E-state index < -0.39 is 0 Å². The molecule has 0 saturated carbocycles. The zero-order valence-corrected chi connectivity index (χ0v) is 13.3. The number of amides is 1. The molecule has 0 aromatic heterocycles. The van der Waals surface area contributed by atoms with Gasteiger partial charge in [-0.05, 0) is 26.7 Å². The first kappa shape index (κ1) is 18.4. The molecule has 19 heavy (non-hydrogen) atoms. The predicted octanol–water partition coefficient (Wildman–Crippen LogP) is 3.76. The fraction of sp³-hybridized carbons (Fsp3) is 0.938. The van der Waals surface area contributed by atoms with Crippen LogP contribution in [-0.4, -0.2) is 18.0 Å². The molecule has 0 atom stereocenters. The molecule has 114 valence electrons. The molecule has 0 aromatic rings. The Balaban J connectivity index is 3.23. The van der Waals surface area contributed by atoms with E-state index in [0.29, 0.717) is 6.42 Å². The van der Waals surface area contributed by atoms with Crippen LogP contribution in [0.25, 0.3) is 0 Å². The van der Waals surface area contributed by atoms with Gasteiger partial charge in [0, 0.05) is 18.5 Å². The highest BCUT2D eigenvalue weighted by molar-refractivity contribution is 5.75. The third kappa shape index (κ3) is 15.4. The highest BCUT2D eigenvalue weighted by Crippen LogP contribution is 2.08. The van der Waals surface area contributed by atoms with Crippen molar-refractivity contribution in [1.82, 2.24) is 5.32 Å². The molecular formula is C16H34N2O. The maximum absolute atomic E-state index is 11.5.